The van der Waals surface area contributed by atoms with Crippen LogP contribution in [-0.2, 0) is 49.5 Å². The molecule has 0 spiro atoms. The Labute approximate surface area is 383 Å². The third-order valence-electron chi connectivity index (χ3n) is 14.7. The van der Waals surface area contributed by atoms with E-state index < -0.39 is 117 Å². The Hall–Kier alpha value is -5.43. The molecule has 350 valence electrons. The number of benzene rings is 2. The van der Waals surface area contributed by atoms with E-state index in [2.05, 4.69) is 16.0 Å². The van der Waals surface area contributed by atoms with E-state index in [1.807, 2.05) is 18.2 Å². The van der Waals surface area contributed by atoms with Crippen LogP contribution in [0, 0.1) is 22.7 Å². The van der Waals surface area contributed by atoms with E-state index in [-0.39, 0.29) is 37.8 Å². The van der Waals surface area contributed by atoms with Crippen LogP contribution in [0.3, 0.4) is 0 Å². The number of nitrogens with zero attached hydrogens (tertiary/aromatic N) is 1. The van der Waals surface area contributed by atoms with E-state index in [9.17, 15) is 43.1 Å². The quantitative estimate of drug-likeness (QED) is 0.201. The van der Waals surface area contributed by atoms with Gasteiger partial charge in [-0.05, 0) is 93.4 Å². The van der Waals surface area contributed by atoms with Crippen molar-refractivity contribution in [3.63, 3.8) is 0 Å². The number of hydrogen-bond donors (Lipinski definition) is 4. The highest BCUT2D eigenvalue weighted by Crippen LogP contribution is 2.73. The molecule has 2 aromatic carbocycles. The average Bonchev–Trinajstić information content (AvgIpc) is 3.90. The fraction of sp³-hybridized carbons (Fsp3) is 0.479. The summed E-state index contributed by atoms with van der Waals surface area (Å²) in [7, 11) is 0. The molecule has 12 atom stereocenters. The summed E-state index contributed by atoms with van der Waals surface area (Å²) in [6.07, 6.45) is 0.262. The first-order valence-electron chi connectivity index (χ1n) is 21.9. The minimum absolute atomic E-state index is 0.0145. The average molecular weight is 933 g/mol. The van der Waals surface area contributed by atoms with Crippen molar-refractivity contribution in [1.82, 2.24) is 15.5 Å². The molecule has 14 nitrogen and oxygen atoms in total. The number of aliphatic hydroxyl groups excluding tert-OH is 1. The van der Waals surface area contributed by atoms with Gasteiger partial charge in [-0.15, -0.1) is 0 Å². The SMILES string of the molecule is C[C@H](NC(=O)CCN1C(=O)C=CC1=O)C(=O)N[C@@H](C)C(=O)Nc1cccc(Cc2ccc([C@@H]3O[C@@H]4CC5[C@@H]6C[C@H](F)C7=CC(=O)C=C[C@]7(C)[C@@]6(F)[C@@H](O)C[C@]5(C)[C@]4(C(=O)SCF)O3)cc2)c1. The first kappa shape index (κ1) is 47.1. The van der Waals surface area contributed by atoms with E-state index >= 15 is 8.78 Å². The van der Waals surface area contributed by atoms with Crippen molar-refractivity contribution in [2.45, 2.75) is 108 Å². The van der Waals surface area contributed by atoms with Crippen LogP contribution in [-0.4, -0.2) is 105 Å². The van der Waals surface area contributed by atoms with E-state index in [4.69, 9.17) is 9.47 Å². The summed E-state index contributed by atoms with van der Waals surface area (Å²) >= 11 is 0.420. The third-order valence-corrected chi connectivity index (χ3v) is 15.4. The van der Waals surface area contributed by atoms with Crippen molar-refractivity contribution in [2.75, 3.05) is 17.9 Å². The second kappa shape index (κ2) is 17.7. The highest BCUT2D eigenvalue weighted by molar-refractivity contribution is 8.13. The number of ether oxygens (including phenoxy) is 2. The number of anilines is 1. The van der Waals surface area contributed by atoms with Crippen LogP contribution >= 0.6 is 11.8 Å². The number of halogens is 3. The molecule has 1 unspecified atom stereocenters. The fourth-order valence-corrected chi connectivity index (χ4v) is 12.0. The molecule has 0 radical (unpaired) electrons. The van der Waals surface area contributed by atoms with Gasteiger partial charge in [-0.3, -0.25) is 38.5 Å². The van der Waals surface area contributed by atoms with Crippen molar-refractivity contribution in [3.8, 4) is 0 Å². The normalized spacial score (nSPS) is 33.8. The van der Waals surface area contributed by atoms with Crippen LogP contribution in [0.1, 0.15) is 76.4 Å². The maximum Gasteiger partial charge on any atom is 0.253 e. The van der Waals surface area contributed by atoms with Crippen molar-refractivity contribution < 1.29 is 61.3 Å². The highest BCUT2D eigenvalue weighted by atomic mass is 32.2. The molecule has 6 aliphatic rings. The largest absolute Gasteiger partial charge is 0.390 e. The lowest BCUT2D eigenvalue weighted by molar-refractivity contribution is -0.232. The molecule has 18 heteroatoms. The number of rotatable bonds is 13. The summed E-state index contributed by atoms with van der Waals surface area (Å²) in [6.45, 7) is 6.01. The van der Waals surface area contributed by atoms with Crippen LogP contribution in [0.15, 0.2) is 84.5 Å². The van der Waals surface area contributed by atoms with Gasteiger partial charge >= 0.3 is 0 Å². The Morgan fingerprint density at radius 3 is 2.32 bits per heavy atom. The Morgan fingerprint density at radius 1 is 0.924 bits per heavy atom. The van der Waals surface area contributed by atoms with Crippen LogP contribution in [0.25, 0.3) is 0 Å². The molecule has 2 aromatic rings. The van der Waals surface area contributed by atoms with Gasteiger partial charge in [0.05, 0.1) is 12.2 Å². The van der Waals surface area contributed by atoms with Crippen molar-refractivity contribution in [1.29, 1.82) is 0 Å². The Kier molecular flexibility index (Phi) is 12.6. The summed E-state index contributed by atoms with van der Waals surface area (Å²) in [4.78, 5) is 88.9. The summed E-state index contributed by atoms with van der Waals surface area (Å²) in [5.74, 6) is -4.96. The van der Waals surface area contributed by atoms with Gasteiger partial charge in [0.2, 0.25) is 22.8 Å². The first-order valence-corrected chi connectivity index (χ1v) is 22.9. The molecular weight excluding hydrogens is 882 g/mol. The van der Waals surface area contributed by atoms with Gasteiger partial charge in [-0.1, -0.05) is 61.2 Å². The third kappa shape index (κ3) is 7.82. The highest BCUT2D eigenvalue weighted by Gasteiger charge is 2.80. The molecule has 5 amide bonds. The number of alkyl halides is 3. The maximum absolute atomic E-state index is 17.8. The van der Waals surface area contributed by atoms with Crippen molar-refractivity contribution in [2.24, 2.45) is 22.7 Å². The molecule has 2 heterocycles. The molecular formula is C48H51F3N4O10S. The topological polar surface area (TPSA) is 198 Å². The monoisotopic (exact) mass is 932 g/mol. The molecule has 4 aliphatic carbocycles. The number of carbonyl (C=O) groups is 7. The van der Waals surface area contributed by atoms with Crippen LogP contribution in [0.4, 0.5) is 18.9 Å². The molecule has 0 aromatic heterocycles. The van der Waals surface area contributed by atoms with Gasteiger partial charge in [-0.2, -0.15) is 0 Å². The molecule has 2 aliphatic heterocycles. The summed E-state index contributed by atoms with van der Waals surface area (Å²) in [5, 5.41) is 19.0. The van der Waals surface area contributed by atoms with Gasteiger partial charge in [0.25, 0.3) is 11.8 Å². The second-order valence-corrected chi connectivity index (χ2v) is 19.4. The number of hydrogen-bond acceptors (Lipinski definition) is 11. The van der Waals surface area contributed by atoms with E-state index in [1.165, 1.54) is 32.9 Å². The second-order valence-electron chi connectivity index (χ2n) is 18.5. The summed E-state index contributed by atoms with van der Waals surface area (Å²) in [6, 6.07) is 11.3. The lowest BCUT2D eigenvalue weighted by Crippen LogP contribution is -2.70. The Morgan fingerprint density at radius 2 is 1.62 bits per heavy atom. The molecule has 4 N–H and O–H groups in total. The number of thioether (sulfide) groups is 1. The standard InChI is InChI=1S/C48H51F3N4O10S/c1-25(52-38(58)15-17-55-39(59)12-13-40(55)60)41(61)53-26(2)42(62)54-30-7-5-6-28(19-30)18-27-8-10-29(11-9-27)43-64-37-22-32-33-21-35(50)34-20-31(56)14-16-45(34,3)47(33,51)36(57)23-46(32,4)48(37,65-43)44(63)66-24-49/h5-14,16,19-20,25-26,32-33,35-37,43,57H,15,17-18,21-24H2,1-4H3,(H,52,58)(H,53,61)(H,54,62)/t25-,26-,32?,33-,35-,36-,37+,43+,45-,46-,47-,48-/m0/s1. The van der Waals surface area contributed by atoms with Gasteiger partial charge in [0.15, 0.2) is 23.3 Å². The summed E-state index contributed by atoms with van der Waals surface area (Å²) < 4.78 is 60.9. The predicted molar refractivity (Wildman–Crippen MR) is 234 cm³/mol. The maximum atomic E-state index is 17.8. The zero-order chi connectivity index (χ0) is 47.5. The number of allylic oxidation sites excluding steroid dienone is 4. The lowest BCUT2D eigenvalue weighted by atomic mass is 9.44. The van der Waals surface area contributed by atoms with E-state index in [1.54, 1.807) is 37.3 Å². The van der Waals surface area contributed by atoms with Crippen LogP contribution in [0.2, 0.25) is 0 Å². The molecule has 8 rings (SSSR count). The number of ketones is 1. The van der Waals surface area contributed by atoms with E-state index in [0.717, 1.165) is 34.3 Å². The van der Waals surface area contributed by atoms with Crippen molar-refractivity contribution >= 4 is 57.9 Å². The number of carbonyl (C=O) groups excluding carboxylic acids is 7. The van der Waals surface area contributed by atoms with Gasteiger partial charge in [-0.25, -0.2) is 13.2 Å². The number of imide groups is 1. The minimum atomic E-state index is -2.38. The van der Waals surface area contributed by atoms with Crippen LogP contribution < -0.4 is 16.0 Å². The number of fused-ring (bicyclic) bond motifs is 7. The minimum Gasteiger partial charge on any atom is -0.390 e. The zero-order valence-electron chi connectivity index (χ0n) is 36.7. The lowest BCUT2D eigenvalue weighted by Gasteiger charge is -2.63. The van der Waals surface area contributed by atoms with Crippen LogP contribution in [0.5, 0.6) is 0 Å². The number of nitrogens with one attached hydrogen (secondary N) is 3. The zero-order valence-corrected chi connectivity index (χ0v) is 37.5. The molecule has 4 fully saturated rings. The molecule has 1 saturated heterocycles. The smallest absolute Gasteiger partial charge is 0.253 e. The molecule has 66 heavy (non-hydrogen) atoms. The van der Waals surface area contributed by atoms with Gasteiger partial charge in [0.1, 0.15) is 24.3 Å². The molecule has 3 saturated carbocycles. The Bertz CT molecular complexity index is 2450. The van der Waals surface area contributed by atoms with E-state index in [0.29, 0.717) is 29.4 Å². The number of aliphatic hydroxyl groups is 1. The van der Waals surface area contributed by atoms with Gasteiger partial charge in [0, 0.05) is 53.1 Å². The molecule has 0 bridgehead atoms. The van der Waals surface area contributed by atoms with Crippen molar-refractivity contribution in [3.05, 3.63) is 101 Å². The predicted octanol–water partition coefficient (Wildman–Crippen LogP) is 4.81. The Balaban J connectivity index is 0.896. The summed E-state index contributed by atoms with van der Waals surface area (Å²) in [5.41, 5.74) is -4.35. The fourth-order valence-electron chi connectivity index (χ4n) is 11.3. The van der Waals surface area contributed by atoms with Gasteiger partial charge < -0.3 is 30.5 Å². The number of amides is 5. The first-order chi connectivity index (χ1) is 31.2.